The van der Waals surface area contributed by atoms with Gasteiger partial charge in [0.15, 0.2) is 0 Å². The van der Waals surface area contributed by atoms with Gasteiger partial charge in [0.05, 0.1) is 23.0 Å². The number of nitrogens with zero attached hydrogens (tertiary/aromatic N) is 3. The van der Waals surface area contributed by atoms with Crippen LogP contribution < -0.4 is 4.72 Å². The SMILES string of the molecule is O=C(O)c1cc(-c2ccc(S(=O)(=O)NCCCCO)s2)cc(-n2cc(-c3ccc(C(F)(F)F)cc3)nn2)c1. The van der Waals surface area contributed by atoms with Crippen LogP contribution in [0.2, 0.25) is 0 Å². The molecule has 0 aliphatic carbocycles. The van der Waals surface area contributed by atoms with Crippen LogP contribution in [0.3, 0.4) is 0 Å². The average Bonchev–Trinajstić information content (AvgIpc) is 3.57. The van der Waals surface area contributed by atoms with Crippen molar-refractivity contribution in [3.63, 3.8) is 0 Å². The standard InChI is InChI=1S/C24H21F3N4O5S2/c25-24(26,27)18-5-3-15(4-6-18)20-14-31(30-29-20)19-12-16(11-17(13-19)23(33)34)21-7-8-22(37-21)38(35,36)28-9-1-2-10-32/h3-8,11-14,28,32H,1-2,9-10H2,(H,33,34). The van der Waals surface area contributed by atoms with Crippen LogP contribution in [0.15, 0.2) is 65.0 Å². The fraction of sp³-hybridized carbons (Fsp3) is 0.208. The Labute approximate surface area is 219 Å². The fourth-order valence-electron chi connectivity index (χ4n) is 3.50. The van der Waals surface area contributed by atoms with Gasteiger partial charge >= 0.3 is 12.1 Å². The second-order valence-corrected chi connectivity index (χ2v) is 11.2. The third-order valence-electron chi connectivity index (χ3n) is 5.44. The van der Waals surface area contributed by atoms with Gasteiger partial charge in [-0.2, -0.15) is 13.2 Å². The monoisotopic (exact) mass is 566 g/mol. The minimum absolute atomic E-state index is 0.0370. The van der Waals surface area contributed by atoms with Crippen LogP contribution in [-0.2, 0) is 16.2 Å². The first kappa shape index (κ1) is 27.4. The number of aromatic carboxylic acids is 1. The Balaban J connectivity index is 1.63. The molecule has 38 heavy (non-hydrogen) atoms. The number of benzene rings is 2. The van der Waals surface area contributed by atoms with Gasteiger partial charge < -0.3 is 10.2 Å². The number of carbonyl (C=O) groups is 1. The first-order valence-corrected chi connectivity index (χ1v) is 13.5. The number of sulfonamides is 1. The largest absolute Gasteiger partial charge is 0.478 e. The molecule has 200 valence electrons. The number of unbranched alkanes of at least 4 members (excludes halogenated alkanes) is 1. The summed E-state index contributed by atoms with van der Waals surface area (Å²) in [5.41, 5.74) is 0.522. The molecular formula is C24H21F3N4O5S2. The van der Waals surface area contributed by atoms with Crippen LogP contribution in [0, 0.1) is 0 Å². The molecule has 0 radical (unpaired) electrons. The first-order chi connectivity index (χ1) is 18.0. The molecule has 0 saturated carbocycles. The van der Waals surface area contributed by atoms with Gasteiger partial charge in [-0.05, 0) is 60.9 Å². The summed E-state index contributed by atoms with van der Waals surface area (Å²) in [6.45, 7) is 0.132. The maximum atomic E-state index is 12.9. The number of halogens is 3. The zero-order valence-corrected chi connectivity index (χ0v) is 21.1. The van der Waals surface area contributed by atoms with Gasteiger partial charge in [0, 0.05) is 23.6 Å². The second-order valence-electron chi connectivity index (χ2n) is 8.14. The normalized spacial score (nSPS) is 12.1. The Bertz CT molecular complexity index is 1550. The predicted molar refractivity (Wildman–Crippen MR) is 134 cm³/mol. The number of nitrogens with one attached hydrogen (secondary N) is 1. The Hall–Kier alpha value is -3.59. The van der Waals surface area contributed by atoms with Gasteiger partial charge in [-0.25, -0.2) is 22.6 Å². The molecule has 2 aromatic carbocycles. The minimum Gasteiger partial charge on any atom is -0.478 e. The molecule has 4 aromatic rings. The summed E-state index contributed by atoms with van der Waals surface area (Å²) in [5, 5.41) is 26.4. The smallest absolute Gasteiger partial charge is 0.416 e. The molecule has 0 spiro atoms. The van der Waals surface area contributed by atoms with Crippen molar-refractivity contribution in [2.45, 2.75) is 23.2 Å². The van der Waals surface area contributed by atoms with Gasteiger partial charge in [0.1, 0.15) is 9.90 Å². The predicted octanol–water partition coefficient (Wildman–Crippen LogP) is 4.43. The number of hydrogen-bond donors (Lipinski definition) is 3. The van der Waals surface area contributed by atoms with E-state index >= 15 is 0 Å². The topological polar surface area (TPSA) is 134 Å². The van der Waals surface area contributed by atoms with Gasteiger partial charge in [0.2, 0.25) is 10.0 Å². The van der Waals surface area contributed by atoms with Crippen LogP contribution in [0.25, 0.3) is 27.4 Å². The number of hydrogen-bond acceptors (Lipinski definition) is 7. The third kappa shape index (κ3) is 6.27. The quantitative estimate of drug-likeness (QED) is 0.242. The maximum Gasteiger partial charge on any atom is 0.416 e. The lowest BCUT2D eigenvalue weighted by Crippen LogP contribution is -2.24. The molecule has 2 heterocycles. The summed E-state index contributed by atoms with van der Waals surface area (Å²) in [6, 6.07) is 11.7. The molecule has 3 N–H and O–H groups in total. The van der Waals surface area contributed by atoms with E-state index in [1.54, 1.807) is 12.1 Å². The molecule has 0 bridgehead atoms. The van der Waals surface area contributed by atoms with Crippen LogP contribution in [-0.4, -0.2) is 52.7 Å². The lowest BCUT2D eigenvalue weighted by molar-refractivity contribution is -0.137. The lowest BCUT2D eigenvalue weighted by Gasteiger charge is -2.07. The molecule has 14 heteroatoms. The zero-order chi connectivity index (χ0) is 27.5. The molecule has 0 fully saturated rings. The molecular weight excluding hydrogens is 545 g/mol. The Morgan fingerprint density at radius 1 is 1.03 bits per heavy atom. The number of aromatic nitrogens is 3. The number of carboxylic acid groups (broad SMARTS) is 1. The summed E-state index contributed by atoms with van der Waals surface area (Å²) in [6.07, 6.45) is -2.08. The molecule has 0 saturated heterocycles. The van der Waals surface area contributed by atoms with Crippen LogP contribution in [0.1, 0.15) is 28.8 Å². The molecule has 0 aliphatic heterocycles. The van der Waals surface area contributed by atoms with E-state index < -0.39 is 27.7 Å². The number of aliphatic hydroxyl groups is 1. The van der Waals surface area contributed by atoms with Crippen molar-refractivity contribution in [3.05, 3.63) is 71.9 Å². The zero-order valence-electron chi connectivity index (χ0n) is 19.5. The number of alkyl halides is 3. The summed E-state index contributed by atoms with van der Waals surface area (Å²) >= 11 is 0.956. The lowest BCUT2D eigenvalue weighted by atomic mass is 10.1. The summed E-state index contributed by atoms with van der Waals surface area (Å²) < 4.78 is 67.5. The van der Waals surface area contributed by atoms with Crippen molar-refractivity contribution < 1.29 is 36.6 Å². The molecule has 0 unspecified atom stereocenters. The van der Waals surface area contributed by atoms with E-state index in [9.17, 15) is 31.5 Å². The highest BCUT2D eigenvalue weighted by Gasteiger charge is 2.30. The van der Waals surface area contributed by atoms with Crippen LogP contribution in [0.4, 0.5) is 13.2 Å². The highest BCUT2D eigenvalue weighted by molar-refractivity contribution is 7.91. The van der Waals surface area contributed by atoms with Crippen LogP contribution in [0.5, 0.6) is 0 Å². The fourth-order valence-corrected chi connectivity index (χ4v) is 5.91. The summed E-state index contributed by atoms with van der Waals surface area (Å²) in [4.78, 5) is 12.3. The van der Waals surface area contributed by atoms with Crippen molar-refractivity contribution in [1.82, 2.24) is 19.7 Å². The minimum atomic E-state index is -4.47. The number of aliphatic hydroxyl groups excluding tert-OH is 1. The van der Waals surface area contributed by atoms with E-state index in [1.807, 2.05) is 0 Å². The van der Waals surface area contributed by atoms with Gasteiger partial charge in [0.25, 0.3) is 0 Å². The molecule has 0 aliphatic rings. The average molecular weight is 567 g/mol. The summed E-state index contributed by atoms with van der Waals surface area (Å²) in [7, 11) is -3.78. The molecule has 9 nitrogen and oxygen atoms in total. The molecule has 2 aromatic heterocycles. The maximum absolute atomic E-state index is 12.9. The number of thiophene rings is 1. The van der Waals surface area contributed by atoms with E-state index in [2.05, 4.69) is 15.0 Å². The van der Waals surface area contributed by atoms with Crippen molar-refractivity contribution in [1.29, 1.82) is 0 Å². The highest BCUT2D eigenvalue weighted by Crippen LogP contribution is 2.33. The Morgan fingerprint density at radius 2 is 1.76 bits per heavy atom. The van der Waals surface area contributed by atoms with Crippen molar-refractivity contribution in [2.24, 2.45) is 0 Å². The molecule has 0 atom stereocenters. The van der Waals surface area contributed by atoms with Gasteiger partial charge in [-0.15, -0.1) is 16.4 Å². The van der Waals surface area contributed by atoms with Crippen molar-refractivity contribution in [3.8, 4) is 27.4 Å². The first-order valence-electron chi connectivity index (χ1n) is 11.2. The Kier molecular flexibility index (Phi) is 7.97. The van der Waals surface area contributed by atoms with Crippen molar-refractivity contribution >= 4 is 27.3 Å². The second kappa shape index (κ2) is 11.0. The van der Waals surface area contributed by atoms with Crippen molar-refractivity contribution in [2.75, 3.05) is 13.2 Å². The van der Waals surface area contributed by atoms with Crippen LogP contribution >= 0.6 is 11.3 Å². The van der Waals surface area contributed by atoms with Gasteiger partial charge in [-0.3, -0.25) is 0 Å². The van der Waals surface area contributed by atoms with E-state index in [0.717, 1.165) is 23.5 Å². The number of rotatable bonds is 10. The Morgan fingerprint density at radius 3 is 2.42 bits per heavy atom. The van der Waals surface area contributed by atoms with E-state index in [1.165, 1.54) is 41.2 Å². The van der Waals surface area contributed by atoms with Gasteiger partial charge in [-0.1, -0.05) is 17.3 Å². The number of carboxylic acids is 1. The summed E-state index contributed by atoms with van der Waals surface area (Å²) in [5.74, 6) is -1.22. The van der Waals surface area contributed by atoms with E-state index in [4.69, 9.17) is 5.11 Å². The molecule has 4 rings (SSSR count). The van der Waals surface area contributed by atoms with E-state index in [0.29, 0.717) is 34.5 Å². The molecule has 0 amide bonds. The van der Waals surface area contributed by atoms with E-state index in [-0.39, 0.29) is 28.6 Å². The third-order valence-corrected chi connectivity index (χ3v) is 8.53. The highest BCUT2D eigenvalue weighted by atomic mass is 32.2.